The van der Waals surface area contributed by atoms with Gasteiger partial charge in [-0.3, -0.25) is 0 Å². The summed E-state index contributed by atoms with van der Waals surface area (Å²) in [5.74, 6) is 0.985. The van der Waals surface area contributed by atoms with Gasteiger partial charge >= 0.3 is 0 Å². The lowest BCUT2D eigenvalue weighted by Crippen LogP contribution is -2.41. The van der Waals surface area contributed by atoms with Crippen LogP contribution in [0.4, 0.5) is 17.6 Å². The first kappa shape index (κ1) is 12.5. The van der Waals surface area contributed by atoms with E-state index in [1.54, 1.807) is 6.07 Å². The standard InChI is InChI=1S/C10H19N5O/c1-3-10(4-2,6-16)15-8-5-7(11)13-9(12)14-8/h5,16H,3-4,6H2,1-2H3,(H5,11,12,13,14,15). The molecule has 1 aromatic rings. The molecule has 0 radical (unpaired) electrons. The molecular weight excluding hydrogens is 206 g/mol. The normalized spacial score (nSPS) is 11.4. The Morgan fingerprint density at radius 2 is 1.94 bits per heavy atom. The predicted octanol–water partition coefficient (Wildman–Crippen LogP) is 0.604. The number of hydrogen-bond donors (Lipinski definition) is 4. The van der Waals surface area contributed by atoms with E-state index in [1.807, 2.05) is 13.8 Å². The van der Waals surface area contributed by atoms with Gasteiger partial charge in [0.15, 0.2) is 0 Å². The molecule has 0 saturated carbocycles. The highest BCUT2D eigenvalue weighted by molar-refractivity contribution is 5.49. The van der Waals surface area contributed by atoms with E-state index >= 15 is 0 Å². The van der Waals surface area contributed by atoms with Crippen LogP contribution in [-0.2, 0) is 0 Å². The molecule has 6 N–H and O–H groups in total. The molecule has 0 fully saturated rings. The van der Waals surface area contributed by atoms with Gasteiger partial charge in [-0.15, -0.1) is 0 Å². The molecular formula is C10H19N5O. The van der Waals surface area contributed by atoms with Crippen LogP contribution in [0.5, 0.6) is 0 Å². The maximum atomic E-state index is 9.41. The highest BCUT2D eigenvalue weighted by Gasteiger charge is 2.25. The molecule has 0 spiro atoms. The van der Waals surface area contributed by atoms with Gasteiger partial charge in [-0.25, -0.2) is 0 Å². The molecule has 16 heavy (non-hydrogen) atoms. The topological polar surface area (TPSA) is 110 Å². The minimum atomic E-state index is -0.382. The smallest absolute Gasteiger partial charge is 0.223 e. The molecule has 0 aromatic carbocycles. The summed E-state index contributed by atoms with van der Waals surface area (Å²) in [7, 11) is 0. The third kappa shape index (κ3) is 2.73. The van der Waals surface area contributed by atoms with Crippen LogP contribution in [0.2, 0.25) is 0 Å². The van der Waals surface area contributed by atoms with Crippen LogP contribution in [0.15, 0.2) is 6.07 Å². The van der Waals surface area contributed by atoms with E-state index in [4.69, 9.17) is 11.5 Å². The molecule has 1 heterocycles. The average Bonchev–Trinajstić information content (AvgIpc) is 2.25. The van der Waals surface area contributed by atoms with E-state index in [-0.39, 0.29) is 18.1 Å². The lowest BCUT2D eigenvalue weighted by molar-refractivity contribution is 0.202. The molecule has 0 aliphatic rings. The second kappa shape index (κ2) is 4.98. The minimum absolute atomic E-state index is 0.0316. The number of aliphatic hydroxyl groups is 1. The number of aliphatic hydroxyl groups excluding tert-OH is 1. The van der Waals surface area contributed by atoms with E-state index in [1.165, 1.54) is 0 Å². The maximum absolute atomic E-state index is 9.41. The molecule has 6 heteroatoms. The summed E-state index contributed by atoms with van der Waals surface area (Å²) < 4.78 is 0. The Bertz CT molecular complexity index is 323. The van der Waals surface area contributed by atoms with E-state index in [0.29, 0.717) is 11.6 Å². The van der Waals surface area contributed by atoms with Crippen molar-refractivity contribution in [1.29, 1.82) is 0 Å². The summed E-state index contributed by atoms with van der Waals surface area (Å²) in [5.41, 5.74) is 10.7. The number of nitrogen functional groups attached to an aromatic ring is 2. The Hall–Kier alpha value is -1.56. The average molecular weight is 225 g/mol. The summed E-state index contributed by atoms with van der Waals surface area (Å²) in [5, 5.41) is 12.6. The second-order valence-electron chi connectivity index (χ2n) is 3.81. The van der Waals surface area contributed by atoms with Gasteiger partial charge in [0.2, 0.25) is 5.95 Å². The maximum Gasteiger partial charge on any atom is 0.223 e. The Morgan fingerprint density at radius 1 is 1.31 bits per heavy atom. The minimum Gasteiger partial charge on any atom is -0.394 e. The molecule has 0 aliphatic carbocycles. The predicted molar refractivity (Wildman–Crippen MR) is 64.9 cm³/mol. The van der Waals surface area contributed by atoms with Gasteiger partial charge < -0.3 is 21.9 Å². The van der Waals surface area contributed by atoms with Crippen molar-refractivity contribution in [2.45, 2.75) is 32.2 Å². The summed E-state index contributed by atoms with van der Waals surface area (Å²) in [6, 6.07) is 1.60. The van der Waals surface area contributed by atoms with E-state index in [0.717, 1.165) is 12.8 Å². The Morgan fingerprint density at radius 3 is 2.38 bits per heavy atom. The lowest BCUT2D eigenvalue weighted by atomic mass is 9.94. The van der Waals surface area contributed by atoms with Crippen molar-refractivity contribution in [3.63, 3.8) is 0 Å². The van der Waals surface area contributed by atoms with Gasteiger partial charge in [-0.2, -0.15) is 9.97 Å². The van der Waals surface area contributed by atoms with Crippen molar-refractivity contribution in [3.05, 3.63) is 6.07 Å². The first-order valence-electron chi connectivity index (χ1n) is 5.34. The quantitative estimate of drug-likeness (QED) is 0.584. The molecule has 0 unspecified atom stereocenters. The van der Waals surface area contributed by atoms with Crippen LogP contribution in [-0.4, -0.2) is 27.2 Å². The molecule has 6 nitrogen and oxygen atoms in total. The van der Waals surface area contributed by atoms with Crippen molar-refractivity contribution in [2.75, 3.05) is 23.4 Å². The fourth-order valence-electron chi connectivity index (χ4n) is 1.51. The molecule has 1 aromatic heterocycles. The number of nitrogens with one attached hydrogen (secondary N) is 1. The fraction of sp³-hybridized carbons (Fsp3) is 0.600. The summed E-state index contributed by atoms with van der Waals surface area (Å²) in [6.07, 6.45) is 1.56. The van der Waals surface area contributed by atoms with E-state index in [2.05, 4.69) is 15.3 Å². The van der Waals surface area contributed by atoms with Crippen LogP contribution in [0.3, 0.4) is 0 Å². The summed E-state index contributed by atoms with van der Waals surface area (Å²) >= 11 is 0. The summed E-state index contributed by atoms with van der Waals surface area (Å²) in [4.78, 5) is 7.81. The van der Waals surface area contributed by atoms with E-state index in [9.17, 15) is 5.11 Å². The van der Waals surface area contributed by atoms with Gasteiger partial charge in [-0.1, -0.05) is 13.8 Å². The van der Waals surface area contributed by atoms with Gasteiger partial charge in [0.25, 0.3) is 0 Å². The van der Waals surface area contributed by atoms with Crippen molar-refractivity contribution >= 4 is 17.6 Å². The van der Waals surface area contributed by atoms with Crippen LogP contribution in [0.25, 0.3) is 0 Å². The zero-order valence-corrected chi connectivity index (χ0v) is 9.70. The molecule has 0 amide bonds. The summed E-state index contributed by atoms with van der Waals surface area (Å²) in [6.45, 7) is 4.03. The number of nitrogens with two attached hydrogens (primary N) is 2. The van der Waals surface area contributed by atoms with E-state index < -0.39 is 0 Å². The second-order valence-corrected chi connectivity index (χ2v) is 3.81. The number of anilines is 3. The van der Waals surface area contributed by atoms with Crippen LogP contribution >= 0.6 is 0 Å². The highest BCUT2D eigenvalue weighted by atomic mass is 16.3. The third-order valence-electron chi connectivity index (χ3n) is 2.81. The lowest BCUT2D eigenvalue weighted by Gasteiger charge is -2.31. The molecule has 0 aliphatic heterocycles. The fourth-order valence-corrected chi connectivity index (χ4v) is 1.51. The van der Waals surface area contributed by atoms with Crippen molar-refractivity contribution in [1.82, 2.24) is 9.97 Å². The molecule has 0 atom stereocenters. The largest absolute Gasteiger partial charge is 0.394 e. The molecule has 90 valence electrons. The Kier molecular flexibility index (Phi) is 3.89. The van der Waals surface area contributed by atoms with Crippen molar-refractivity contribution in [2.24, 2.45) is 0 Å². The first-order valence-corrected chi connectivity index (χ1v) is 5.34. The van der Waals surface area contributed by atoms with Gasteiger partial charge in [-0.05, 0) is 12.8 Å². The zero-order chi connectivity index (χ0) is 12.2. The monoisotopic (exact) mass is 225 g/mol. The number of hydrogen-bond acceptors (Lipinski definition) is 6. The molecule has 0 bridgehead atoms. The van der Waals surface area contributed by atoms with Crippen molar-refractivity contribution in [3.8, 4) is 0 Å². The number of aromatic nitrogens is 2. The van der Waals surface area contributed by atoms with Crippen LogP contribution in [0.1, 0.15) is 26.7 Å². The SMILES string of the molecule is CCC(CC)(CO)Nc1cc(N)nc(N)n1. The van der Waals surface area contributed by atoms with Gasteiger partial charge in [0.1, 0.15) is 11.6 Å². The van der Waals surface area contributed by atoms with Crippen LogP contribution in [0, 0.1) is 0 Å². The van der Waals surface area contributed by atoms with Crippen molar-refractivity contribution < 1.29 is 5.11 Å². The number of nitrogens with zero attached hydrogens (tertiary/aromatic N) is 2. The number of rotatable bonds is 5. The molecule has 0 saturated heterocycles. The zero-order valence-electron chi connectivity index (χ0n) is 9.70. The Balaban J connectivity index is 2.93. The first-order chi connectivity index (χ1) is 7.55. The Labute approximate surface area is 95.1 Å². The highest BCUT2D eigenvalue weighted by Crippen LogP contribution is 2.21. The van der Waals surface area contributed by atoms with Gasteiger partial charge in [0.05, 0.1) is 12.1 Å². The van der Waals surface area contributed by atoms with Crippen LogP contribution < -0.4 is 16.8 Å². The molecule has 1 rings (SSSR count). The third-order valence-corrected chi connectivity index (χ3v) is 2.81. The van der Waals surface area contributed by atoms with Gasteiger partial charge in [0, 0.05) is 6.07 Å².